The molecule has 5 rings (SSSR count). The van der Waals surface area contributed by atoms with E-state index in [9.17, 15) is 0 Å². The summed E-state index contributed by atoms with van der Waals surface area (Å²) in [5, 5.41) is 0. The summed E-state index contributed by atoms with van der Waals surface area (Å²) in [6.45, 7) is 1.92. The summed E-state index contributed by atoms with van der Waals surface area (Å²) in [6.07, 6.45) is -0.177. The molecular weight excluding hydrogens is 322 g/mol. The Labute approximate surface area is 152 Å². The monoisotopic (exact) mass is 340 g/mol. The summed E-state index contributed by atoms with van der Waals surface area (Å²) in [7, 11) is 0. The highest BCUT2D eigenvalue weighted by atomic mass is 16.5. The Bertz CT molecular complexity index is 935. The van der Waals surface area contributed by atoms with Crippen LogP contribution in [0.2, 0.25) is 0 Å². The van der Waals surface area contributed by atoms with Gasteiger partial charge in [0.1, 0.15) is 17.6 Å². The molecule has 2 aliphatic rings. The van der Waals surface area contributed by atoms with Crippen molar-refractivity contribution < 1.29 is 9.47 Å². The van der Waals surface area contributed by atoms with Gasteiger partial charge in [0.25, 0.3) is 0 Å². The Morgan fingerprint density at radius 1 is 0.731 bits per heavy atom. The molecule has 1 radical (unpaired) electrons. The molecule has 0 saturated carbocycles. The Balaban J connectivity index is 1.66. The van der Waals surface area contributed by atoms with Crippen LogP contribution in [0.15, 0.2) is 83.9 Å². The van der Waals surface area contributed by atoms with Gasteiger partial charge >= 0.3 is 0 Å². The number of benzene rings is 3. The highest BCUT2D eigenvalue weighted by molar-refractivity contribution is 5.78. The molecule has 3 aromatic rings. The SMILES string of the molecule is CC1=N[C](c2ccccc2)C(C2c3ccccc3Oc3ccccc32)O1. The van der Waals surface area contributed by atoms with Crippen molar-refractivity contribution in [3.63, 3.8) is 0 Å². The maximum atomic E-state index is 6.24. The number of nitrogens with zero attached hydrogens (tertiary/aromatic N) is 1. The molecule has 1 atom stereocenters. The lowest BCUT2D eigenvalue weighted by atomic mass is 9.80. The molecule has 1 unspecified atom stereocenters. The van der Waals surface area contributed by atoms with E-state index in [4.69, 9.17) is 14.5 Å². The van der Waals surface area contributed by atoms with Crippen molar-refractivity contribution in [1.29, 1.82) is 0 Å². The number of aliphatic imine (C=N–C) groups is 1. The maximum absolute atomic E-state index is 6.24. The fourth-order valence-corrected chi connectivity index (χ4v) is 3.84. The van der Waals surface area contributed by atoms with Crippen molar-refractivity contribution in [2.45, 2.75) is 18.9 Å². The second-order valence-electron chi connectivity index (χ2n) is 6.58. The number of fused-ring (bicyclic) bond motifs is 2. The first-order valence-corrected chi connectivity index (χ1v) is 8.81. The van der Waals surface area contributed by atoms with Crippen molar-refractivity contribution in [3.8, 4) is 11.5 Å². The number of para-hydroxylation sites is 2. The van der Waals surface area contributed by atoms with E-state index in [2.05, 4.69) is 24.3 Å². The molecule has 0 saturated heterocycles. The summed E-state index contributed by atoms with van der Waals surface area (Å²) < 4.78 is 12.4. The molecule has 26 heavy (non-hydrogen) atoms. The van der Waals surface area contributed by atoms with Crippen LogP contribution >= 0.6 is 0 Å². The molecule has 3 heteroatoms. The third-order valence-corrected chi connectivity index (χ3v) is 4.95. The molecule has 0 aromatic heterocycles. The molecule has 0 N–H and O–H groups in total. The molecule has 2 heterocycles. The Hall–Kier alpha value is -3.07. The number of ether oxygens (including phenoxy) is 2. The van der Waals surface area contributed by atoms with Gasteiger partial charge in [-0.25, -0.2) is 4.99 Å². The first-order chi connectivity index (χ1) is 12.8. The van der Waals surface area contributed by atoms with Crippen LogP contribution in [0.4, 0.5) is 0 Å². The molecule has 0 bridgehead atoms. The second-order valence-corrected chi connectivity index (χ2v) is 6.58. The smallest absolute Gasteiger partial charge is 0.181 e. The van der Waals surface area contributed by atoms with Gasteiger partial charge in [-0.15, -0.1) is 0 Å². The molecule has 0 amide bonds. The zero-order chi connectivity index (χ0) is 17.5. The lowest BCUT2D eigenvalue weighted by molar-refractivity contribution is 0.202. The van der Waals surface area contributed by atoms with Crippen molar-refractivity contribution in [3.05, 3.63) is 102 Å². The summed E-state index contributed by atoms with van der Waals surface area (Å²) >= 11 is 0. The Kier molecular flexibility index (Phi) is 3.52. The van der Waals surface area contributed by atoms with Gasteiger partial charge in [-0.05, 0) is 17.7 Å². The molecule has 2 aliphatic heterocycles. The van der Waals surface area contributed by atoms with E-state index in [0.29, 0.717) is 5.90 Å². The Morgan fingerprint density at radius 2 is 1.31 bits per heavy atom. The third-order valence-electron chi connectivity index (χ3n) is 4.95. The van der Waals surface area contributed by atoms with Crippen LogP contribution in [0.3, 0.4) is 0 Å². The minimum atomic E-state index is -0.177. The predicted octanol–water partition coefficient (Wildman–Crippen LogP) is 5.32. The van der Waals surface area contributed by atoms with Crippen molar-refractivity contribution in [2.24, 2.45) is 4.99 Å². The van der Waals surface area contributed by atoms with E-state index in [1.54, 1.807) is 0 Å². The van der Waals surface area contributed by atoms with E-state index >= 15 is 0 Å². The molecule has 0 spiro atoms. The van der Waals surface area contributed by atoms with Crippen molar-refractivity contribution >= 4 is 5.90 Å². The number of hydrogen-bond acceptors (Lipinski definition) is 3. The first kappa shape index (κ1) is 15.2. The van der Waals surface area contributed by atoms with Crippen LogP contribution < -0.4 is 4.74 Å². The first-order valence-electron chi connectivity index (χ1n) is 8.81. The Morgan fingerprint density at radius 3 is 1.96 bits per heavy atom. The lowest BCUT2D eigenvalue weighted by Gasteiger charge is -2.33. The van der Waals surface area contributed by atoms with Gasteiger partial charge < -0.3 is 9.47 Å². The van der Waals surface area contributed by atoms with Gasteiger partial charge in [-0.3, -0.25) is 0 Å². The van der Waals surface area contributed by atoms with Crippen LogP contribution in [-0.2, 0) is 4.74 Å². The largest absolute Gasteiger partial charge is 0.474 e. The minimum Gasteiger partial charge on any atom is -0.474 e. The number of rotatable bonds is 2. The average Bonchev–Trinajstić information content (AvgIpc) is 3.08. The fraction of sp³-hybridized carbons (Fsp3) is 0.130. The topological polar surface area (TPSA) is 30.8 Å². The van der Waals surface area contributed by atoms with E-state index < -0.39 is 0 Å². The van der Waals surface area contributed by atoms with E-state index in [1.807, 2.05) is 61.5 Å². The quantitative estimate of drug-likeness (QED) is 0.632. The number of hydrogen-bond donors (Lipinski definition) is 0. The molecule has 3 aromatic carbocycles. The lowest BCUT2D eigenvalue weighted by Crippen LogP contribution is -2.28. The predicted molar refractivity (Wildman–Crippen MR) is 102 cm³/mol. The van der Waals surface area contributed by atoms with Crippen LogP contribution in [-0.4, -0.2) is 12.0 Å². The van der Waals surface area contributed by atoms with Gasteiger partial charge in [0.15, 0.2) is 11.9 Å². The highest BCUT2D eigenvalue weighted by Gasteiger charge is 2.43. The van der Waals surface area contributed by atoms with E-state index in [1.165, 1.54) is 0 Å². The van der Waals surface area contributed by atoms with Gasteiger partial charge in [0, 0.05) is 18.1 Å². The third kappa shape index (κ3) is 2.39. The van der Waals surface area contributed by atoms with Gasteiger partial charge in [-0.1, -0.05) is 66.7 Å². The second kappa shape index (κ2) is 6.03. The zero-order valence-electron chi connectivity index (χ0n) is 14.4. The molecule has 0 aliphatic carbocycles. The summed E-state index contributed by atoms with van der Waals surface area (Å²) in [5.74, 6) is 2.51. The van der Waals surface area contributed by atoms with Crippen LogP contribution in [0.5, 0.6) is 11.5 Å². The van der Waals surface area contributed by atoms with Crippen molar-refractivity contribution in [2.75, 3.05) is 0 Å². The van der Waals surface area contributed by atoms with Crippen LogP contribution in [0.1, 0.15) is 29.5 Å². The van der Waals surface area contributed by atoms with Gasteiger partial charge in [0.2, 0.25) is 0 Å². The van der Waals surface area contributed by atoms with E-state index in [0.717, 1.165) is 34.2 Å². The normalized spacial score (nSPS) is 19.1. The van der Waals surface area contributed by atoms with Crippen LogP contribution in [0, 0.1) is 6.04 Å². The van der Waals surface area contributed by atoms with Crippen molar-refractivity contribution in [1.82, 2.24) is 0 Å². The molecule has 3 nitrogen and oxygen atoms in total. The van der Waals surface area contributed by atoms with Crippen LogP contribution in [0.25, 0.3) is 0 Å². The molecular formula is C23H18NO2. The summed E-state index contributed by atoms with van der Waals surface area (Å²) in [5.41, 5.74) is 3.36. The summed E-state index contributed by atoms with van der Waals surface area (Å²) in [4.78, 5) is 4.73. The van der Waals surface area contributed by atoms with Gasteiger partial charge in [-0.2, -0.15) is 0 Å². The van der Waals surface area contributed by atoms with Gasteiger partial charge in [0.05, 0.1) is 5.92 Å². The molecule has 0 fully saturated rings. The highest BCUT2D eigenvalue weighted by Crippen LogP contribution is 2.50. The minimum absolute atomic E-state index is 0.0348. The average molecular weight is 340 g/mol. The molecule has 127 valence electrons. The summed E-state index contributed by atoms with van der Waals surface area (Å²) in [6, 6.07) is 27.6. The zero-order valence-corrected chi connectivity index (χ0v) is 14.4. The van der Waals surface area contributed by atoms with E-state index in [-0.39, 0.29) is 12.0 Å². The maximum Gasteiger partial charge on any atom is 0.181 e. The fourth-order valence-electron chi connectivity index (χ4n) is 3.84. The standard InChI is InChI=1S/C23H18NO2/c1-15-24-22(16-9-3-2-4-10-16)23(25-15)21-17-11-5-7-13-19(17)26-20-14-8-6-12-18(20)21/h2-14,21,23H,1H3.